The first-order valence-electron chi connectivity index (χ1n) is 18.0. The fourth-order valence-electron chi connectivity index (χ4n) is 7.11. The normalized spacial score (nSPS) is 11.1. The Bertz CT molecular complexity index is 2610. The van der Waals surface area contributed by atoms with Crippen LogP contribution in [0.25, 0.3) is 72.6 Å². The van der Waals surface area contributed by atoms with E-state index in [0.29, 0.717) is 0 Å². The Hall–Kier alpha value is -6.97. The van der Waals surface area contributed by atoms with Crippen molar-refractivity contribution >= 4 is 22.4 Å². The topological polar surface area (TPSA) is 21.1 Å². The van der Waals surface area contributed by atoms with E-state index in [0.717, 1.165) is 28.1 Å². The quantitative estimate of drug-likeness (QED) is 0.159. The minimum absolute atomic E-state index is 0.941. The summed E-state index contributed by atoms with van der Waals surface area (Å²) in [4.78, 5) is 7.23. The van der Waals surface area contributed by atoms with Crippen molar-refractivity contribution in [3.63, 3.8) is 0 Å². The van der Waals surface area contributed by atoms with Crippen LogP contribution in [-0.2, 0) is 0 Å². The lowest BCUT2D eigenvalue weighted by molar-refractivity contribution is 1.10. The maximum absolute atomic E-state index is 5.03. The molecule has 3 heteroatoms. The van der Waals surface area contributed by atoms with E-state index in [9.17, 15) is 0 Å². The molecule has 1 aromatic heterocycles. The molecule has 0 atom stereocenters. The van der Waals surface area contributed by atoms with Crippen molar-refractivity contribution < 1.29 is 0 Å². The highest BCUT2D eigenvalue weighted by atomic mass is 15.1. The third-order valence-corrected chi connectivity index (χ3v) is 10.1. The molecule has 0 fully saturated rings. The van der Waals surface area contributed by atoms with Crippen LogP contribution in [-0.4, -0.2) is 16.6 Å². The van der Waals surface area contributed by atoms with Gasteiger partial charge in [-0.25, -0.2) is 4.98 Å². The van der Waals surface area contributed by atoms with Gasteiger partial charge in [0, 0.05) is 29.7 Å². The molecule has 0 aliphatic rings. The third kappa shape index (κ3) is 6.41. The molecule has 9 rings (SSSR count). The molecule has 0 spiro atoms. The first kappa shape index (κ1) is 32.0. The molecule has 53 heavy (non-hydrogen) atoms. The van der Waals surface area contributed by atoms with Crippen LogP contribution < -0.4 is 4.90 Å². The second-order valence-corrected chi connectivity index (χ2v) is 13.3. The molecule has 0 aliphatic heterocycles. The zero-order valence-electron chi connectivity index (χ0n) is 29.5. The second-order valence-electron chi connectivity index (χ2n) is 13.3. The van der Waals surface area contributed by atoms with Gasteiger partial charge in [-0.1, -0.05) is 158 Å². The van der Waals surface area contributed by atoms with Gasteiger partial charge < -0.3 is 4.90 Å². The Morgan fingerprint density at radius 2 is 0.679 bits per heavy atom. The van der Waals surface area contributed by atoms with Gasteiger partial charge in [0.05, 0.1) is 11.0 Å². The van der Waals surface area contributed by atoms with Gasteiger partial charge in [0.1, 0.15) is 5.82 Å². The van der Waals surface area contributed by atoms with E-state index in [-0.39, 0.29) is 0 Å². The summed E-state index contributed by atoms with van der Waals surface area (Å²) >= 11 is 0. The van der Waals surface area contributed by atoms with Crippen molar-refractivity contribution in [3.05, 3.63) is 206 Å². The molecule has 252 valence electrons. The number of hydrogen-bond acceptors (Lipinski definition) is 2. The van der Waals surface area contributed by atoms with Gasteiger partial charge in [-0.05, 0) is 93.0 Å². The zero-order chi connectivity index (χ0) is 35.6. The summed E-state index contributed by atoms with van der Waals surface area (Å²) in [5.41, 5.74) is 16.2. The molecule has 8 aromatic carbocycles. The Kier molecular flexibility index (Phi) is 8.43. The van der Waals surface area contributed by atoms with E-state index in [1.165, 1.54) is 55.9 Å². The highest BCUT2D eigenvalue weighted by Gasteiger charge is 2.14. The average molecular weight is 680 g/mol. The lowest BCUT2D eigenvalue weighted by atomic mass is 9.96. The van der Waals surface area contributed by atoms with Gasteiger partial charge in [-0.2, -0.15) is 0 Å². The monoisotopic (exact) mass is 679 g/mol. The lowest BCUT2D eigenvalue weighted by Crippen LogP contribution is -2.08. The van der Waals surface area contributed by atoms with Gasteiger partial charge in [0.2, 0.25) is 0 Å². The number of benzene rings is 8. The third-order valence-electron chi connectivity index (χ3n) is 10.1. The fraction of sp³-hybridized carbons (Fsp3) is 0.0200. The molecule has 0 unspecified atom stereocenters. The second kappa shape index (κ2) is 14.0. The smallest absolute Gasteiger partial charge is 0.145 e. The predicted octanol–water partition coefficient (Wildman–Crippen LogP) is 13.1. The molecule has 0 amide bonds. The molecule has 9 aromatic rings. The van der Waals surface area contributed by atoms with E-state index >= 15 is 0 Å². The van der Waals surface area contributed by atoms with Crippen LogP contribution in [0.1, 0.15) is 0 Å². The highest BCUT2D eigenvalue weighted by molar-refractivity contribution is 5.84. The zero-order valence-corrected chi connectivity index (χ0v) is 29.5. The number of imidazole rings is 1. The van der Waals surface area contributed by atoms with E-state index < -0.39 is 0 Å². The standard InChI is InChI=1S/C50H37N3/c1-52(45-10-4-2-5-11-45)46-34-32-43(33-35-46)41-26-24-39(25-27-41)37-18-16-36(17-19-37)38-20-22-40(23-21-38)42-28-30-44(31-29-42)50-51-48-14-8-9-15-49(48)53(50)47-12-6-3-7-13-47/h2-35H,1H3. The van der Waals surface area contributed by atoms with E-state index in [2.05, 4.69) is 205 Å². The van der Waals surface area contributed by atoms with Crippen LogP contribution >= 0.6 is 0 Å². The van der Waals surface area contributed by atoms with Crippen LogP contribution in [0.15, 0.2) is 206 Å². The summed E-state index contributed by atoms with van der Waals surface area (Å²) in [7, 11) is 2.10. The van der Waals surface area contributed by atoms with Gasteiger partial charge in [-0.15, -0.1) is 0 Å². The summed E-state index contributed by atoms with van der Waals surface area (Å²) < 4.78 is 2.24. The van der Waals surface area contributed by atoms with E-state index in [1.54, 1.807) is 0 Å². The van der Waals surface area contributed by atoms with Crippen molar-refractivity contribution in [1.82, 2.24) is 9.55 Å². The van der Waals surface area contributed by atoms with E-state index in [4.69, 9.17) is 4.98 Å². The molecule has 3 nitrogen and oxygen atoms in total. The maximum atomic E-state index is 5.03. The predicted molar refractivity (Wildman–Crippen MR) is 223 cm³/mol. The number of para-hydroxylation sites is 4. The summed E-state index contributed by atoms with van der Waals surface area (Å²) in [5.74, 6) is 0.941. The van der Waals surface area contributed by atoms with Gasteiger partial charge in [0.15, 0.2) is 0 Å². The minimum Gasteiger partial charge on any atom is -0.345 e. The summed E-state index contributed by atoms with van der Waals surface area (Å²) in [5, 5.41) is 0. The van der Waals surface area contributed by atoms with Crippen molar-refractivity contribution in [2.45, 2.75) is 0 Å². The Balaban J connectivity index is 0.886. The molecule has 0 N–H and O–H groups in total. The van der Waals surface area contributed by atoms with Crippen molar-refractivity contribution in [2.24, 2.45) is 0 Å². The highest BCUT2D eigenvalue weighted by Crippen LogP contribution is 2.33. The van der Waals surface area contributed by atoms with Crippen LogP contribution in [0.3, 0.4) is 0 Å². The number of nitrogens with zero attached hydrogens (tertiary/aromatic N) is 3. The first-order valence-corrected chi connectivity index (χ1v) is 18.0. The number of hydrogen-bond donors (Lipinski definition) is 0. The number of aromatic nitrogens is 2. The molecule has 0 radical (unpaired) electrons. The molecule has 0 bridgehead atoms. The molecule has 0 aliphatic carbocycles. The van der Waals surface area contributed by atoms with Crippen LogP contribution in [0.5, 0.6) is 0 Å². The van der Waals surface area contributed by atoms with Crippen molar-refractivity contribution in [1.29, 1.82) is 0 Å². The molecular weight excluding hydrogens is 643 g/mol. The number of anilines is 2. The summed E-state index contributed by atoms with van der Waals surface area (Å²) in [6.07, 6.45) is 0. The summed E-state index contributed by atoms with van der Waals surface area (Å²) in [6.45, 7) is 0. The SMILES string of the molecule is CN(c1ccccc1)c1ccc(-c2ccc(-c3ccc(-c4ccc(-c5ccc(-c6nc7ccccc7n6-c6ccccc6)cc5)cc4)cc3)cc2)cc1. The maximum Gasteiger partial charge on any atom is 0.145 e. The molecule has 1 heterocycles. The van der Waals surface area contributed by atoms with Crippen molar-refractivity contribution in [3.8, 4) is 61.6 Å². The van der Waals surface area contributed by atoms with Crippen LogP contribution in [0.4, 0.5) is 11.4 Å². The van der Waals surface area contributed by atoms with Crippen molar-refractivity contribution in [2.75, 3.05) is 11.9 Å². The van der Waals surface area contributed by atoms with E-state index in [1.807, 2.05) is 18.2 Å². The first-order chi connectivity index (χ1) is 26.2. The largest absolute Gasteiger partial charge is 0.345 e. The Morgan fingerprint density at radius 1 is 0.340 bits per heavy atom. The minimum atomic E-state index is 0.941. The fourth-order valence-corrected chi connectivity index (χ4v) is 7.11. The number of rotatable bonds is 8. The van der Waals surface area contributed by atoms with Gasteiger partial charge in [0.25, 0.3) is 0 Å². The van der Waals surface area contributed by atoms with Crippen LogP contribution in [0, 0.1) is 0 Å². The Morgan fingerprint density at radius 3 is 1.13 bits per heavy atom. The van der Waals surface area contributed by atoms with Gasteiger partial charge in [-0.3, -0.25) is 4.57 Å². The lowest BCUT2D eigenvalue weighted by Gasteiger charge is -2.19. The number of fused-ring (bicyclic) bond motifs is 1. The van der Waals surface area contributed by atoms with Gasteiger partial charge >= 0.3 is 0 Å². The summed E-state index contributed by atoms with van der Waals surface area (Å²) in [6, 6.07) is 73.3. The molecular formula is C50H37N3. The van der Waals surface area contributed by atoms with Crippen LogP contribution in [0.2, 0.25) is 0 Å². The average Bonchev–Trinajstić information content (AvgIpc) is 3.64. The Labute approximate surface area is 310 Å². The molecule has 0 saturated heterocycles. The molecule has 0 saturated carbocycles.